The largest absolute Gasteiger partial charge is 0.497 e. The van der Waals surface area contributed by atoms with Gasteiger partial charge in [-0.2, -0.15) is 4.31 Å². The number of carbonyl (C=O) groups excluding carboxylic acids is 1. The third-order valence-corrected chi connectivity index (χ3v) is 5.96. The van der Waals surface area contributed by atoms with Crippen molar-refractivity contribution in [1.82, 2.24) is 4.31 Å². The molecule has 1 amide bonds. The summed E-state index contributed by atoms with van der Waals surface area (Å²) in [5.74, 6) is 0.126. The molecule has 0 spiro atoms. The minimum Gasteiger partial charge on any atom is -0.497 e. The summed E-state index contributed by atoms with van der Waals surface area (Å²) in [6, 6.07) is 13.3. The molecule has 0 unspecified atom stereocenters. The predicted molar refractivity (Wildman–Crippen MR) is 110 cm³/mol. The van der Waals surface area contributed by atoms with Gasteiger partial charge < -0.3 is 10.1 Å². The summed E-state index contributed by atoms with van der Waals surface area (Å²) in [4.78, 5) is 12.4. The van der Waals surface area contributed by atoms with Crippen LogP contribution in [0.4, 0.5) is 5.69 Å². The molecule has 0 atom stereocenters. The molecule has 0 heterocycles. The van der Waals surface area contributed by atoms with Crippen LogP contribution >= 0.6 is 22.6 Å². The highest BCUT2D eigenvalue weighted by atomic mass is 127. The lowest BCUT2D eigenvalue weighted by Crippen LogP contribution is -2.38. The van der Waals surface area contributed by atoms with Crippen LogP contribution in [0.1, 0.15) is 0 Å². The van der Waals surface area contributed by atoms with Crippen molar-refractivity contribution in [3.63, 3.8) is 0 Å². The van der Waals surface area contributed by atoms with Crippen LogP contribution in [0, 0.1) is 3.57 Å². The fraction of sp³-hybridized carbons (Fsp3) is 0.167. The SMILES string of the molecule is C=CCN(CC(=O)Nc1cccc(I)c1)S(=O)(=O)c1ccc(OC)cc1. The number of methoxy groups -OCH3 is 1. The van der Waals surface area contributed by atoms with Gasteiger partial charge in [0, 0.05) is 15.8 Å². The van der Waals surface area contributed by atoms with E-state index in [9.17, 15) is 13.2 Å². The van der Waals surface area contributed by atoms with E-state index >= 15 is 0 Å². The smallest absolute Gasteiger partial charge is 0.243 e. The second-order valence-corrected chi connectivity index (χ2v) is 8.50. The van der Waals surface area contributed by atoms with Crippen LogP contribution < -0.4 is 10.1 Å². The summed E-state index contributed by atoms with van der Waals surface area (Å²) in [7, 11) is -2.34. The lowest BCUT2D eigenvalue weighted by molar-refractivity contribution is -0.116. The van der Waals surface area contributed by atoms with Crippen LogP contribution in [0.5, 0.6) is 5.75 Å². The first-order valence-electron chi connectivity index (χ1n) is 7.67. The van der Waals surface area contributed by atoms with Gasteiger partial charge in [0.05, 0.1) is 18.6 Å². The summed E-state index contributed by atoms with van der Waals surface area (Å²) in [5.41, 5.74) is 0.613. The fourth-order valence-electron chi connectivity index (χ4n) is 2.22. The highest BCUT2D eigenvalue weighted by Gasteiger charge is 2.25. The molecule has 6 nitrogen and oxygen atoms in total. The van der Waals surface area contributed by atoms with Crippen LogP contribution in [-0.4, -0.2) is 38.8 Å². The Kier molecular flexibility index (Phi) is 7.18. The van der Waals surface area contributed by atoms with E-state index in [1.807, 2.05) is 12.1 Å². The summed E-state index contributed by atoms with van der Waals surface area (Å²) >= 11 is 2.14. The highest BCUT2D eigenvalue weighted by molar-refractivity contribution is 14.1. The van der Waals surface area contributed by atoms with E-state index in [-0.39, 0.29) is 18.0 Å². The van der Waals surface area contributed by atoms with E-state index in [1.165, 1.54) is 25.3 Å². The minimum atomic E-state index is -3.84. The van der Waals surface area contributed by atoms with E-state index in [1.54, 1.807) is 24.3 Å². The van der Waals surface area contributed by atoms with Crippen LogP contribution in [0.15, 0.2) is 66.1 Å². The van der Waals surface area contributed by atoms with Crippen molar-refractivity contribution >= 4 is 44.2 Å². The Balaban J connectivity index is 2.18. The summed E-state index contributed by atoms with van der Waals surface area (Å²) in [5, 5.41) is 2.71. The van der Waals surface area contributed by atoms with Crippen molar-refractivity contribution in [2.45, 2.75) is 4.90 Å². The number of rotatable bonds is 8. The van der Waals surface area contributed by atoms with Gasteiger partial charge in [-0.25, -0.2) is 8.42 Å². The Labute approximate surface area is 167 Å². The maximum Gasteiger partial charge on any atom is 0.243 e. The van der Waals surface area contributed by atoms with E-state index < -0.39 is 15.9 Å². The molecule has 0 saturated heterocycles. The summed E-state index contributed by atoms with van der Waals surface area (Å²) in [6.07, 6.45) is 1.44. The molecule has 0 aliphatic rings. The number of halogens is 1. The van der Waals surface area contributed by atoms with Crippen LogP contribution in [-0.2, 0) is 14.8 Å². The van der Waals surface area contributed by atoms with Gasteiger partial charge in [0.1, 0.15) is 5.75 Å². The molecule has 0 aliphatic heterocycles. The number of benzene rings is 2. The first kappa shape index (κ1) is 20.4. The number of hydrogen-bond acceptors (Lipinski definition) is 4. The van der Waals surface area contributed by atoms with Crippen molar-refractivity contribution in [3.8, 4) is 5.75 Å². The van der Waals surface area contributed by atoms with E-state index in [2.05, 4.69) is 34.5 Å². The second-order valence-electron chi connectivity index (χ2n) is 5.32. The molecule has 26 heavy (non-hydrogen) atoms. The van der Waals surface area contributed by atoms with E-state index in [0.717, 1.165) is 7.88 Å². The maximum absolute atomic E-state index is 12.8. The van der Waals surface area contributed by atoms with Crippen molar-refractivity contribution < 1.29 is 17.9 Å². The third-order valence-electron chi connectivity index (χ3n) is 3.46. The number of hydrogen-bond donors (Lipinski definition) is 1. The maximum atomic E-state index is 12.8. The molecule has 0 saturated carbocycles. The standard InChI is InChI=1S/C18H19IN2O4S/c1-3-11-21(13-18(22)20-15-6-4-5-14(19)12-15)26(23,24)17-9-7-16(25-2)8-10-17/h3-10,12H,1,11,13H2,2H3,(H,20,22). The number of amides is 1. The van der Waals surface area contributed by atoms with Gasteiger partial charge in [-0.1, -0.05) is 12.1 Å². The van der Waals surface area contributed by atoms with E-state index in [4.69, 9.17) is 4.74 Å². The molecule has 2 aromatic carbocycles. The number of nitrogens with zero attached hydrogens (tertiary/aromatic N) is 1. The number of ether oxygens (including phenoxy) is 1. The molecular weight excluding hydrogens is 467 g/mol. The van der Waals surface area contributed by atoms with Crippen molar-refractivity contribution in [2.75, 3.05) is 25.5 Å². The van der Waals surface area contributed by atoms with Crippen LogP contribution in [0.25, 0.3) is 0 Å². The van der Waals surface area contributed by atoms with Crippen LogP contribution in [0.3, 0.4) is 0 Å². The van der Waals surface area contributed by atoms with Crippen LogP contribution in [0.2, 0.25) is 0 Å². The second kappa shape index (κ2) is 9.15. The zero-order valence-electron chi connectivity index (χ0n) is 14.2. The van der Waals surface area contributed by atoms with Gasteiger partial charge in [0.25, 0.3) is 0 Å². The summed E-state index contributed by atoms with van der Waals surface area (Å²) in [6.45, 7) is 3.29. The number of nitrogens with one attached hydrogen (secondary N) is 1. The zero-order chi connectivity index (χ0) is 19.2. The van der Waals surface area contributed by atoms with Gasteiger partial charge in [0.15, 0.2) is 0 Å². The molecule has 8 heteroatoms. The molecule has 0 aromatic heterocycles. The Morgan fingerprint density at radius 2 is 1.96 bits per heavy atom. The van der Waals surface area contributed by atoms with Gasteiger partial charge in [0.2, 0.25) is 15.9 Å². The van der Waals surface area contributed by atoms with Gasteiger partial charge >= 0.3 is 0 Å². The number of sulfonamides is 1. The van der Waals surface area contributed by atoms with Gasteiger partial charge in [-0.3, -0.25) is 4.79 Å². The monoisotopic (exact) mass is 486 g/mol. The molecule has 2 rings (SSSR count). The summed E-state index contributed by atoms with van der Waals surface area (Å²) < 4.78 is 32.7. The first-order chi connectivity index (χ1) is 12.4. The Morgan fingerprint density at radius 3 is 2.54 bits per heavy atom. The molecule has 1 N–H and O–H groups in total. The Bertz CT molecular complexity index is 882. The van der Waals surface area contributed by atoms with Gasteiger partial charge in [-0.05, 0) is 65.1 Å². The lowest BCUT2D eigenvalue weighted by atomic mass is 10.3. The van der Waals surface area contributed by atoms with Crippen molar-refractivity contribution in [3.05, 3.63) is 64.8 Å². The third kappa shape index (κ3) is 5.29. The average Bonchev–Trinajstić information content (AvgIpc) is 2.61. The number of anilines is 1. The lowest BCUT2D eigenvalue weighted by Gasteiger charge is -2.20. The predicted octanol–water partition coefficient (Wildman–Crippen LogP) is 3.12. The normalized spacial score (nSPS) is 11.2. The molecule has 0 bridgehead atoms. The quantitative estimate of drug-likeness (QED) is 0.460. The average molecular weight is 486 g/mol. The molecule has 0 radical (unpaired) electrons. The Hall–Kier alpha value is -1.91. The Morgan fingerprint density at radius 1 is 1.27 bits per heavy atom. The van der Waals surface area contributed by atoms with E-state index in [0.29, 0.717) is 11.4 Å². The number of carbonyl (C=O) groups is 1. The van der Waals surface area contributed by atoms with Crippen molar-refractivity contribution in [2.24, 2.45) is 0 Å². The molecular formula is C18H19IN2O4S. The topological polar surface area (TPSA) is 75.7 Å². The highest BCUT2D eigenvalue weighted by Crippen LogP contribution is 2.20. The fourth-order valence-corrected chi connectivity index (χ4v) is 4.13. The van der Waals surface area contributed by atoms with Gasteiger partial charge in [-0.15, -0.1) is 6.58 Å². The zero-order valence-corrected chi connectivity index (χ0v) is 17.2. The molecule has 138 valence electrons. The van der Waals surface area contributed by atoms with Crippen molar-refractivity contribution in [1.29, 1.82) is 0 Å². The first-order valence-corrected chi connectivity index (χ1v) is 10.2. The molecule has 0 aliphatic carbocycles. The minimum absolute atomic E-state index is 0.0219. The molecule has 0 fully saturated rings. The molecule has 2 aromatic rings.